The molecule has 1 aliphatic carbocycles. The molecule has 2 atom stereocenters. The van der Waals surface area contributed by atoms with E-state index in [4.69, 9.17) is 10.1 Å². The number of aromatic amines is 1. The molecule has 0 aromatic carbocycles. The van der Waals surface area contributed by atoms with Gasteiger partial charge in [-0.1, -0.05) is 0 Å². The fourth-order valence-electron chi connectivity index (χ4n) is 4.33. The first-order valence-electron chi connectivity index (χ1n) is 10.7. The van der Waals surface area contributed by atoms with Gasteiger partial charge in [0.15, 0.2) is 5.82 Å². The third kappa shape index (κ3) is 5.25. The van der Waals surface area contributed by atoms with E-state index in [1.54, 1.807) is 7.05 Å². The zero-order chi connectivity index (χ0) is 22.5. The van der Waals surface area contributed by atoms with Crippen molar-refractivity contribution in [1.29, 1.82) is 5.41 Å². The predicted molar refractivity (Wildman–Crippen MR) is 118 cm³/mol. The molecule has 1 aromatic rings. The molecule has 0 radical (unpaired) electrons. The number of methoxy groups -OCH3 is 1. The van der Waals surface area contributed by atoms with Crippen molar-refractivity contribution in [2.24, 2.45) is 0 Å². The summed E-state index contributed by atoms with van der Waals surface area (Å²) < 4.78 is 4.90. The molecule has 3 amide bonds. The van der Waals surface area contributed by atoms with Gasteiger partial charge in [-0.2, -0.15) is 5.10 Å². The third-order valence-corrected chi connectivity index (χ3v) is 5.95. The minimum absolute atomic E-state index is 0.127. The number of ether oxygens (including phenoxy) is 1. The Hall–Kier alpha value is -2.88. The molecule has 2 aliphatic rings. The van der Waals surface area contributed by atoms with Gasteiger partial charge in [-0.05, 0) is 39.2 Å². The monoisotopic (exact) mass is 431 g/mol. The van der Waals surface area contributed by atoms with Gasteiger partial charge in [0.25, 0.3) is 5.91 Å². The molecule has 2 unspecified atom stereocenters. The van der Waals surface area contributed by atoms with E-state index in [9.17, 15) is 9.59 Å². The first-order valence-corrected chi connectivity index (χ1v) is 10.7. The van der Waals surface area contributed by atoms with E-state index in [1.165, 1.54) is 13.2 Å². The van der Waals surface area contributed by atoms with Gasteiger partial charge in [-0.25, -0.2) is 4.79 Å². The first-order chi connectivity index (χ1) is 14.8. The molecular formula is C21H33N7O3. The second-order valence-electron chi connectivity index (χ2n) is 8.36. The van der Waals surface area contributed by atoms with Crippen molar-refractivity contribution >= 4 is 23.5 Å². The third-order valence-electron chi connectivity index (χ3n) is 5.95. The van der Waals surface area contributed by atoms with E-state index in [2.05, 4.69) is 34.7 Å². The fourth-order valence-corrected chi connectivity index (χ4v) is 4.33. The van der Waals surface area contributed by atoms with Crippen molar-refractivity contribution in [1.82, 2.24) is 25.3 Å². The van der Waals surface area contributed by atoms with Crippen LogP contribution in [0.3, 0.4) is 0 Å². The largest absolute Gasteiger partial charge is 0.384 e. The number of anilines is 1. The van der Waals surface area contributed by atoms with Crippen molar-refractivity contribution in [2.75, 3.05) is 39.2 Å². The summed E-state index contributed by atoms with van der Waals surface area (Å²) in [5, 5.41) is 20.6. The second-order valence-corrected chi connectivity index (χ2v) is 8.36. The van der Waals surface area contributed by atoms with Gasteiger partial charge in [0, 0.05) is 57.0 Å². The smallest absolute Gasteiger partial charge is 0.320 e. The Morgan fingerprint density at radius 1 is 1.42 bits per heavy atom. The predicted octanol–water partition coefficient (Wildman–Crippen LogP) is 1.90. The van der Waals surface area contributed by atoms with Crippen molar-refractivity contribution in [3.63, 3.8) is 0 Å². The number of carbonyl (C=O) groups is 2. The van der Waals surface area contributed by atoms with Crippen LogP contribution in [0.5, 0.6) is 0 Å². The lowest BCUT2D eigenvalue weighted by Crippen LogP contribution is -2.40. The highest BCUT2D eigenvalue weighted by molar-refractivity contribution is 6.08. The maximum Gasteiger partial charge on any atom is 0.320 e. The number of nitrogens with zero attached hydrogens (tertiary/aromatic N) is 3. The molecule has 0 bridgehead atoms. The first kappa shape index (κ1) is 22.8. The van der Waals surface area contributed by atoms with Crippen LogP contribution in [0, 0.1) is 5.41 Å². The van der Waals surface area contributed by atoms with Crippen LogP contribution in [0.1, 0.15) is 44.7 Å². The van der Waals surface area contributed by atoms with Crippen LogP contribution < -0.4 is 10.6 Å². The molecule has 31 heavy (non-hydrogen) atoms. The van der Waals surface area contributed by atoms with Gasteiger partial charge >= 0.3 is 6.03 Å². The van der Waals surface area contributed by atoms with Crippen LogP contribution >= 0.6 is 0 Å². The van der Waals surface area contributed by atoms with Crippen molar-refractivity contribution in [3.05, 3.63) is 23.5 Å². The zero-order valence-electron chi connectivity index (χ0n) is 18.7. The molecule has 2 fully saturated rings. The van der Waals surface area contributed by atoms with Crippen molar-refractivity contribution in [3.8, 4) is 0 Å². The summed E-state index contributed by atoms with van der Waals surface area (Å²) in [6, 6.07) is 2.46. The molecule has 4 N–H and O–H groups in total. The van der Waals surface area contributed by atoms with Crippen molar-refractivity contribution in [2.45, 2.75) is 51.1 Å². The van der Waals surface area contributed by atoms with Crippen LogP contribution in [0.4, 0.5) is 10.6 Å². The lowest BCUT2D eigenvalue weighted by molar-refractivity contribution is -0.113. The van der Waals surface area contributed by atoms with E-state index in [0.29, 0.717) is 5.82 Å². The maximum absolute atomic E-state index is 12.7. The van der Waals surface area contributed by atoms with E-state index < -0.39 is 0 Å². The van der Waals surface area contributed by atoms with Crippen LogP contribution in [0.2, 0.25) is 0 Å². The Labute approximate surface area is 182 Å². The summed E-state index contributed by atoms with van der Waals surface area (Å²) in [5.74, 6) is 0.339. The van der Waals surface area contributed by atoms with Crippen LogP contribution in [0.25, 0.3) is 0 Å². The molecule has 1 saturated carbocycles. The van der Waals surface area contributed by atoms with E-state index in [0.717, 1.165) is 38.0 Å². The highest BCUT2D eigenvalue weighted by Gasteiger charge is 2.39. The standard InChI is InChI=1S/C21H33N7O3/c1-13(2)27-7-8-28(21(27)30)16-6-5-14(9-16)17-11-19(26-25-17)24-20(29)18(23-3)10-15(22)12-31-4/h10-11,13-14,16,22-23H,5-9,12H2,1-4H3,(H2,24,25,26,29)/b18-10-,22-15?. The number of urea groups is 1. The Morgan fingerprint density at radius 2 is 2.19 bits per heavy atom. The molecule has 1 aromatic heterocycles. The number of rotatable bonds is 9. The fraction of sp³-hybridized carbons (Fsp3) is 0.619. The molecule has 10 nitrogen and oxygen atoms in total. The quantitative estimate of drug-likeness (QED) is 0.351. The summed E-state index contributed by atoms with van der Waals surface area (Å²) in [5.41, 5.74) is 1.41. The number of aromatic nitrogens is 2. The number of hydrogen-bond donors (Lipinski definition) is 4. The molecule has 0 spiro atoms. The Morgan fingerprint density at radius 3 is 2.84 bits per heavy atom. The highest BCUT2D eigenvalue weighted by Crippen LogP contribution is 2.38. The molecule has 2 heterocycles. The number of hydrogen-bond acceptors (Lipinski definition) is 6. The normalized spacial score (nSPS) is 21.8. The number of amides is 3. The van der Waals surface area contributed by atoms with Crippen molar-refractivity contribution < 1.29 is 14.3 Å². The van der Waals surface area contributed by atoms with Gasteiger partial charge in [0.2, 0.25) is 0 Å². The summed E-state index contributed by atoms with van der Waals surface area (Å²) in [6.07, 6.45) is 4.27. The minimum Gasteiger partial charge on any atom is -0.384 e. The van der Waals surface area contributed by atoms with Gasteiger partial charge in [0.1, 0.15) is 5.70 Å². The van der Waals surface area contributed by atoms with Gasteiger partial charge < -0.3 is 30.6 Å². The Balaban J connectivity index is 1.58. The molecular weight excluding hydrogens is 398 g/mol. The lowest BCUT2D eigenvalue weighted by atomic mass is 10.0. The molecule has 1 aliphatic heterocycles. The van der Waals surface area contributed by atoms with E-state index in [1.807, 2.05) is 15.9 Å². The highest BCUT2D eigenvalue weighted by atomic mass is 16.5. The summed E-state index contributed by atoms with van der Waals surface area (Å²) >= 11 is 0. The van der Waals surface area contributed by atoms with E-state index >= 15 is 0 Å². The number of likely N-dealkylation sites (N-methyl/N-ethyl adjacent to an activating group) is 1. The minimum atomic E-state index is -0.373. The number of nitrogens with one attached hydrogen (secondary N) is 4. The average molecular weight is 432 g/mol. The Kier molecular flexibility index (Phi) is 7.32. The lowest BCUT2D eigenvalue weighted by Gasteiger charge is -2.26. The van der Waals surface area contributed by atoms with Gasteiger partial charge in [-0.15, -0.1) is 0 Å². The molecule has 170 valence electrons. The topological polar surface area (TPSA) is 126 Å². The van der Waals surface area contributed by atoms with E-state index in [-0.39, 0.29) is 48.0 Å². The Bertz CT molecular complexity index is 848. The molecule has 1 saturated heterocycles. The summed E-state index contributed by atoms with van der Waals surface area (Å²) in [6.45, 7) is 5.81. The second kappa shape index (κ2) is 9.95. The van der Waals surface area contributed by atoms with Crippen LogP contribution in [-0.4, -0.2) is 83.6 Å². The maximum atomic E-state index is 12.7. The summed E-state index contributed by atoms with van der Waals surface area (Å²) in [4.78, 5) is 29.1. The average Bonchev–Trinajstić information content (AvgIpc) is 3.45. The molecule has 10 heteroatoms. The SMILES string of the molecule is CN/C(=C\C(=N)COC)C(=O)Nc1cc(C2CCC(N3CCN(C(C)C)C3=O)C2)[nH]n1. The molecule has 3 rings (SSSR count). The van der Waals surface area contributed by atoms with Gasteiger partial charge in [0.05, 0.1) is 12.3 Å². The van der Waals surface area contributed by atoms with Crippen LogP contribution in [-0.2, 0) is 9.53 Å². The zero-order valence-corrected chi connectivity index (χ0v) is 18.7. The number of carbonyl (C=O) groups excluding carboxylic acids is 2. The van der Waals surface area contributed by atoms with Gasteiger partial charge in [-0.3, -0.25) is 9.89 Å². The van der Waals surface area contributed by atoms with Crippen LogP contribution in [0.15, 0.2) is 17.8 Å². The summed E-state index contributed by atoms with van der Waals surface area (Å²) in [7, 11) is 3.13. The number of H-pyrrole nitrogens is 1.